The van der Waals surface area contributed by atoms with Crippen LogP contribution in [-0.4, -0.2) is 20.1 Å². The van der Waals surface area contributed by atoms with Crippen molar-refractivity contribution in [3.63, 3.8) is 0 Å². The molecule has 0 heterocycles. The molecule has 0 aliphatic heterocycles. The normalized spacial score (nSPS) is 13.3. The summed E-state index contributed by atoms with van der Waals surface area (Å²) in [5.74, 6) is 0. The Morgan fingerprint density at radius 1 is 1.17 bits per heavy atom. The third-order valence-electron chi connectivity index (χ3n) is 2.37. The molecule has 0 saturated heterocycles. The van der Waals surface area contributed by atoms with E-state index in [-0.39, 0.29) is 0 Å². The molecule has 12 heavy (non-hydrogen) atoms. The lowest BCUT2D eigenvalue weighted by atomic mass is 10.1. The van der Waals surface area contributed by atoms with Gasteiger partial charge < -0.3 is 4.90 Å². The van der Waals surface area contributed by atoms with Crippen LogP contribution in [0.2, 0.25) is 0 Å². The highest BCUT2D eigenvalue weighted by atomic mass is 15.1. The molecule has 1 nitrogen and oxygen atoms in total. The largest absolute Gasteiger partial charge is 0.337 e. The number of likely N-dealkylation sites (N-methyl/N-ethyl adjacent to an activating group) is 1. The minimum Gasteiger partial charge on any atom is -0.337 e. The van der Waals surface area contributed by atoms with Crippen LogP contribution < -0.4 is 4.90 Å². The Balaban J connectivity index is 2.53. The standard InChI is InChI=1S/C11H17N/c1-10(12(2)3)9-11-7-5-4-6-8-11/h4-8,10H,9H2,1-3H3/p+1/t10-/m0/s1. The number of quaternary nitrogens is 1. The molecule has 1 aromatic carbocycles. The van der Waals surface area contributed by atoms with Gasteiger partial charge in [0, 0.05) is 6.42 Å². The van der Waals surface area contributed by atoms with Crippen LogP contribution in [0.3, 0.4) is 0 Å². The molecule has 1 N–H and O–H groups in total. The smallest absolute Gasteiger partial charge is 0.0882 e. The van der Waals surface area contributed by atoms with E-state index in [1.165, 1.54) is 16.9 Å². The zero-order valence-corrected chi connectivity index (χ0v) is 8.17. The third-order valence-corrected chi connectivity index (χ3v) is 2.37. The first-order chi connectivity index (χ1) is 5.70. The van der Waals surface area contributed by atoms with Gasteiger partial charge in [0.15, 0.2) is 0 Å². The number of hydrogen-bond donors (Lipinski definition) is 1. The summed E-state index contributed by atoms with van der Waals surface area (Å²) in [6, 6.07) is 11.4. The maximum absolute atomic E-state index is 2.28. The average Bonchev–Trinajstić information content (AvgIpc) is 2.06. The summed E-state index contributed by atoms with van der Waals surface area (Å²) in [5.41, 5.74) is 1.44. The molecule has 0 radical (unpaired) electrons. The highest BCUT2D eigenvalue weighted by molar-refractivity contribution is 5.15. The molecule has 1 heteroatoms. The Bertz CT molecular complexity index is 216. The second-order valence-electron chi connectivity index (χ2n) is 3.67. The summed E-state index contributed by atoms with van der Waals surface area (Å²) < 4.78 is 0. The second-order valence-corrected chi connectivity index (χ2v) is 3.67. The molecule has 0 fully saturated rings. The zero-order valence-electron chi connectivity index (χ0n) is 8.17. The van der Waals surface area contributed by atoms with Crippen molar-refractivity contribution in [2.75, 3.05) is 14.1 Å². The molecular weight excluding hydrogens is 146 g/mol. The Morgan fingerprint density at radius 2 is 1.75 bits per heavy atom. The fourth-order valence-corrected chi connectivity index (χ4v) is 1.17. The maximum atomic E-state index is 2.28. The maximum Gasteiger partial charge on any atom is 0.0882 e. The quantitative estimate of drug-likeness (QED) is 0.673. The fourth-order valence-electron chi connectivity index (χ4n) is 1.17. The minimum atomic E-state index is 0.701. The first kappa shape index (κ1) is 9.27. The Hall–Kier alpha value is -0.820. The van der Waals surface area contributed by atoms with E-state index >= 15 is 0 Å². The van der Waals surface area contributed by atoms with Crippen molar-refractivity contribution in [3.05, 3.63) is 35.9 Å². The van der Waals surface area contributed by atoms with Gasteiger partial charge in [-0.25, -0.2) is 0 Å². The fraction of sp³-hybridized carbons (Fsp3) is 0.455. The molecule has 0 spiro atoms. The van der Waals surface area contributed by atoms with E-state index in [1.807, 2.05) is 0 Å². The van der Waals surface area contributed by atoms with E-state index < -0.39 is 0 Å². The number of rotatable bonds is 3. The highest BCUT2D eigenvalue weighted by Crippen LogP contribution is 2.00. The molecule has 0 saturated carbocycles. The van der Waals surface area contributed by atoms with Crippen LogP contribution in [0.5, 0.6) is 0 Å². The van der Waals surface area contributed by atoms with Crippen LogP contribution >= 0.6 is 0 Å². The molecule has 0 unspecified atom stereocenters. The van der Waals surface area contributed by atoms with Gasteiger partial charge in [0.25, 0.3) is 0 Å². The molecule has 1 aromatic rings. The predicted molar refractivity (Wildman–Crippen MR) is 52.4 cm³/mol. The first-order valence-electron chi connectivity index (χ1n) is 4.54. The van der Waals surface area contributed by atoms with Crippen molar-refractivity contribution in [1.29, 1.82) is 0 Å². The van der Waals surface area contributed by atoms with E-state index in [9.17, 15) is 0 Å². The summed E-state index contributed by atoms with van der Waals surface area (Å²) in [7, 11) is 4.40. The van der Waals surface area contributed by atoms with E-state index in [0.717, 1.165) is 0 Å². The van der Waals surface area contributed by atoms with Gasteiger partial charge in [-0.3, -0.25) is 0 Å². The van der Waals surface area contributed by atoms with Gasteiger partial charge in [-0.05, 0) is 12.5 Å². The molecule has 0 aliphatic carbocycles. The summed E-state index contributed by atoms with van der Waals surface area (Å²) >= 11 is 0. The van der Waals surface area contributed by atoms with Crippen LogP contribution in [0.1, 0.15) is 12.5 Å². The number of nitrogens with one attached hydrogen (secondary N) is 1. The monoisotopic (exact) mass is 164 g/mol. The van der Waals surface area contributed by atoms with Gasteiger partial charge in [0.2, 0.25) is 0 Å². The van der Waals surface area contributed by atoms with Crippen LogP contribution in [0.4, 0.5) is 0 Å². The molecule has 0 aliphatic rings. The van der Waals surface area contributed by atoms with Gasteiger partial charge in [0.05, 0.1) is 20.1 Å². The van der Waals surface area contributed by atoms with Crippen LogP contribution in [-0.2, 0) is 6.42 Å². The minimum absolute atomic E-state index is 0.701. The van der Waals surface area contributed by atoms with Crippen molar-refractivity contribution in [2.45, 2.75) is 19.4 Å². The van der Waals surface area contributed by atoms with Gasteiger partial charge in [-0.2, -0.15) is 0 Å². The lowest BCUT2D eigenvalue weighted by Gasteiger charge is -2.16. The first-order valence-corrected chi connectivity index (χ1v) is 4.54. The molecule has 1 atom stereocenters. The number of hydrogen-bond acceptors (Lipinski definition) is 0. The predicted octanol–water partition coefficient (Wildman–Crippen LogP) is 0.762. The van der Waals surface area contributed by atoms with E-state index in [1.54, 1.807) is 0 Å². The Labute approximate surface area is 75.0 Å². The van der Waals surface area contributed by atoms with Crippen LogP contribution in [0.25, 0.3) is 0 Å². The average molecular weight is 164 g/mol. The third kappa shape index (κ3) is 2.67. The summed E-state index contributed by atoms with van der Waals surface area (Å²) in [4.78, 5) is 1.51. The van der Waals surface area contributed by atoms with Gasteiger partial charge in [-0.15, -0.1) is 0 Å². The molecule has 0 bridgehead atoms. The van der Waals surface area contributed by atoms with Crippen molar-refractivity contribution in [2.24, 2.45) is 0 Å². The lowest BCUT2D eigenvalue weighted by molar-refractivity contribution is -0.883. The SMILES string of the molecule is C[C@@H](Cc1ccccc1)[NH+](C)C. The molecule has 0 amide bonds. The van der Waals surface area contributed by atoms with Crippen LogP contribution in [0.15, 0.2) is 30.3 Å². The highest BCUT2D eigenvalue weighted by Gasteiger charge is 2.07. The molecule has 66 valence electrons. The Kier molecular flexibility index (Phi) is 3.30. The van der Waals surface area contributed by atoms with E-state index in [4.69, 9.17) is 0 Å². The van der Waals surface area contributed by atoms with Crippen molar-refractivity contribution >= 4 is 0 Å². The number of benzene rings is 1. The molecular formula is C11H18N+. The van der Waals surface area contributed by atoms with E-state index in [2.05, 4.69) is 51.4 Å². The Morgan fingerprint density at radius 3 is 2.25 bits per heavy atom. The van der Waals surface area contributed by atoms with Crippen LogP contribution in [0, 0.1) is 0 Å². The summed E-state index contributed by atoms with van der Waals surface area (Å²) in [6.45, 7) is 2.28. The molecule has 1 rings (SSSR count). The summed E-state index contributed by atoms with van der Waals surface area (Å²) in [6.07, 6.45) is 1.17. The van der Waals surface area contributed by atoms with Crippen molar-refractivity contribution < 1.29 is 4.90 Å². The zero-order chi connectivity index (χ0) is 8.97. The lowest BCUT2D eigenvalue weighted by Crippen LogP contribution is -3.09. The molecule has 0 aromatic heterocycles. The van der Waals surface area contributed by atoms with E-state index in [0.29, 0.717) is 6.04 Å². The topological polar surface area (TPSA) is 4.44 Å². The van der Waals surface area contributed by atoms with Gasteiger partial charge in [0.1, 0.15) is 0 Å². The van der Waals surface area contributed by atoms with Crippen molar-refractivity contribution in [1.82, 2.24) is 0 Å². The second kappa shape index (κ2) is 4.27. The summed E-state index contributed by atoms with van der Waals surface area (Å²) in [5, 5.41) is 0. The van der Waals surface area contributed by atoms with Gasteiger partial charge >= 0.3 is 0 Å². The van der Waals surface area contributed by atoms with Gasteiger partial charge in [-0.1, -0.05) is 30.3 Å². The van der Waals surface area contributed by atoms with Crippen molar-refractivity contribution in [3.8, 4) is 0 Å².